The fraction of sp³-hybridized carbons (Fsp3) is 0.381. The van der Waals surface area contributed by atoms with Gasteiger partial charge in [0, 0.05) is 59.6 Å². The van der Waals surface area contributed by atoms with Gasteiger partial charge in [-0.15, -0.1) is 0 Å². The molecule has 0 bridgehead atoms. The third-order valence-electron chi connectivity index (χ3n) is 5.06. The number of para-hydroxylation sites is 1. The summed E-state index contributed by atoms with van der Waals surface area (Å²) in [5, 5.41) is 3.39. The summed E-state index contributed by atoms with van der Waals surface area (Å²) in [4.78, 5) is 9.35. The predicted molar refractivity (Wildman–Crippen MR) is 118 cm³/mol. The van der Waals surface area contributed by atoms with E-state index in [1.54, 1.807) is 19.2 Å². The van der Waals surface area contributed by atoms with Gasteiger partial charge in [0.2, 0.25) is 10.0 Å². The van der Waals surface area contributed by atoms with Crippen LogP contribution in [0.4, 0.5) is 5.69 Å². The lowest BCUT2D eigenvalue weighted by atomic mass is 10.2. The zero-order valence-electron chi connectivity index (χ0n) is 17.2. The van der Waals surface area contributed by atoms with Crippen molar-refractivity contribution in [3.8, 4) is 0 Å². The lowest BCUT2D eigenvalue weighted by molar-refractivity contribution is 0.372. The molecule has 1 N–H and O–H groups in total. The molecule has 8 heteroatoms. The minimum absolute atomic E-state index is 0.299. The smallest absolute Gasteiger partial charge is 0.242 e. The molecular weight excluding hydrogens is 386 g/mol. The quantitative estimate of drug-likeness (QED) is 0.596. The number of hydrogen-bond donors (Lipinski definition) is 1. The van der Waals surface area contributed by atoms with Gasteiger partial charge in [0.15, 0.2) is 5.96 Å². The standard InChI is InChI=1S/C21H29N5O2S/c1-22-21(26-15-13-25(14-16-26)19-7-5-4-6-8-19)23-17-18-9-11-20(12-10-18)29(27,28)24(2)3/h4-12H,13-17H2,1-3H3,(H,22,23). The maximum absolute atomic E-state index is 12.2. The second kappa shape index (κ2) is 9.28. The lowest BCUT2D eigenvalue weighted by Crippen LogP contribution is -2.52. The molecule has 2 aromatic rings. The molecule has 0 aliphatic carbocycles. The number of benzene rings is 2. The molecule has 0 aromatic heterocycles. The van der Waals surface area contributed by atoms with Crippen LogP contribution < -0.4 is 10.2 Å². The van der Waals surface area contributed by atoms with Crippen molar-refractivity contribution in [2.45, 2.75) is 11.4 Å². The molecule has 0 amide bonds. The molecule has 0 spiro atoms. The predicted octanol–water partition coefficient (Wildman–Crippen LogP) is 1.83. The summed E-state index contributed by atoms with van der Waals surface area (Å²) < 4.78 is 25.6. The molecule has 1 saturated heterocycles. The molecule has 1 fully saturated rings. The van der Waals surface area contributed by atoms with Crippen molar-refractivity contribution < 1.29 is 8.42 Å². The van der Waals surface area contributed by atoms with Crippen molar-refractivity contribution in [2.75, 3.05) is 52.2 Å². The third kappa shape index (κ3) is 5.07. The summed E-state index contributed by atoms with van der Waals surface area (Å²) in [6.07, 6.45) is 0. The maximum Gasteiger partial charge on any atom is 0.242 e. The molecule has 1 aliphatic heterocycles. The molecule has 156 valence electrons. The second-order valence-corrected chi connectivity index (χ2v) is 9.29. The summed E-state index contributed by atoms with van der Waals surface area (Å²) >= 11 is 0. The van der Waals surface area contributed by atoms with Crippen LogP contribution in [0, 0.1) is 0 Å². The first-order valence-corrected chi connectivity index (χ1v) is 11.1. The Bertz CT molecular complexity index is 919. The van der Waals surface area contributed by atoms with Crippen LogP contribution in [0.25, 0.3) is 0 Å². The van der Waals surface area contributed by atoms with E-state index in [9.17, 15) is 8.42 Å². The first kappa shape index (κ1) is 21.1. The van der Waals surface area contributed by atoms with Gasteiger partial charge >= 0.3 is 0 Å². The van der Waals surface area contributed by atoms with Crippen molar-refractivity contribution in [3.63, 3.8) is 0 Å². The van der Waals surface area contributed by atoms with Gasteiger partial charge in [-0.2, -0.15) is 0 Å². The van der Waals surface area contributed by atoms with Gasteiger partial charge in [-0.25, -0.2) is 12.7 Å². The highest BCUT2D eigenvalue weighted by molar-refractivity contribution is 7.89. The molecule has 2 aromatic carbocycles. The van der Waals surface area contributed by atoms with Crippen LogP contribution in [-0.2, 0) is 16.6 Å². The van der Waals surface area contributed by atoms with Gasteiger partial charge in [-0.1, -0.05) is 30.3 Å². The minimum atomic E-state index is -3.40. The average molecular weight is 416 g/mol. The van der Waals surface area contributed by atoms with E-state index < -0.39 is 10.0 Å². The Balaban J connectivity index is 1.55. The van der Waals surface area contributed by atoms with E-state index in [1.165, 1.54) is 24.1 Å². The Morgan fingerprint density at radius 2 is 1.62 bits per heavy atom. The van der Waals surface area contributed by atoms with Crippen molar-refractivity contribution in [3.05, 3.63) is 60.2 Å². The zero-order chi connectivity index (χ0) is 20.9. The van der Waals surface area contributed by atoms with E-state index in [2.05, 4.69) is 44.4 Å². The Labute approximate surface area is 173 Å². The van der Waals surface area contributed by atoms with Crippen molar-refractivity contribution in [2.24, 2.45) is 4.99 Å². The molecule has 0 saturated carbocycles. The van der Waals surface area contributed by atoms with Gasteiger partial charge in [0.1, 0.15) is 0 Å². The van der Waals surface area contributed by atoms with E-state index in [0.717, 1.165) is 37.7 Å². The molecule has 0 radical (unpaired) electrons. The van der Waals surface area contributed by atoms with Gasteiger partial charge in [0.05, 0.1) is 4.90 Å². The number of hydrogen-bond acceptors (Lipinski definition) is 4. The number of nitrogens with zero attached hydrogens (tertiary/aromatic N) is 4. The van der Waals surface area contributed by atoms with E-state index in [0.29, 0.717) is 11.4 Å². The number of sulfonamides is 1. The number of aliphatic imine (C=N–C) groups is 1. The van der Waals surface area contributed by atoms with Crippen LogP contribution in [0.15, 0.2) is 64.5 Å². The maximum atomic E-state index is 12.2. The SMILES string of the molecule is CN=C(NCc1ccc(S(=O)(=O)N(C)C)cc1)N1CCN(c2ccccc2)CC1. The molecule has 0 atom stereocenters. The van der Waals surface area contributed by atoms with Crippen LogP contribution in [-0.4, -0.2) is 70.9 Å². The topological polar surface area (TPSA) is 68.2 Å². The number of piperazine rings is 1. The minimum Gasteiger partial charge on any atom is -0.368 e. The van der Waals surface area contributed by atoms with Gasteiger partial charge in [0.25, 0.3) is 0 Å². The molecule has 0 unspecified atom stereocenters. The van der Waals surface area contributed by atoms with E-state index in [4.69, 9.17) is 0 Å². The molecule has 29 heavy (non-hydrogen) atoms. The van der Waals surface area contributed by atoms with Crippen molar-refractivity contribution in [1.82, 2.24) is 14.5 Å². The monoisotopic (exact) mass is 415 g/mol. The second-order valence-electron chi connectivity index (χ2n) is 7.14. The van der Waals surface area contributed by atoms with Crippen LogP contribution in [0.2, 0.25) is 0 Å². The molecule has 7 nitrogen and oxygen atoms in total. The molecule has 1 heterocycles. The summed E-state index contributed by atoms with van der Waals surface area (Å²) in [5.41, 5.74) is 2.26. The summed E-state index contributed by atoms with van der Waals surface area (Å²) in [6.45, 7) is 4.28. The first-order valence-electron chi connectivity index (χ1n) is 9.69. The third-order valence-corrected chi connectivity index (χ3v) is 6.89. The summed E-state index contributed by atoms with van der Waals surface area (Å²) in [5.74, 6) is 0.864. The van der Waals surface area contributed by atoms with E-state index in [-0.39, 0.29) is 0 Å². The number of guanidine groups is 1. The fourth-order valence-electron chi connectivity index (χ4n) is 3.32. The van der Waals surface area contributed by atoms with Gasteiger partial charge < -0.3 is 15.1 Å². The van der Waals surface area contributed by atoms with Crippen LogP contribution >= 0.6 is 0 Å². The Morgan fingerprint density at radius 3 is 2.17 bits per heavy atom. The average Bonchev–Trinajstić information content (AvgIpc) is 2.75. The Kier molecular flexibility index (Phi) is 6.76. The largest absolute Gasteiger partial charge is 0.368 e. The highest BCUT2D eigenvalue weighted by Gasteiger charge is 2.20. The number of rotatable bonds is 5. The molecule has 1 aliphatic rings. The van der Waals surface area contributed by atoms with Crippen LogP contribution in [0.3, 0.4) is 0 Å². The summed E-state index contributed by atoms with van der Waals surface area (Å²) in [7, 11) is 1.46. The van der Waals surface area contributed by atoms with Gasteiger partial charge in [-0.05, 0) is 29.8 Å². The van der Waals surface area contributed by atoms with E-state index in [1.807, 2.05) is 18.2 Å². The molecule has 3 rings (SSSR count). The highest BCUT2D eigenvalue weighted by Crippen LogP contribution is 2.16. The summed E-state index contributed by atoms with van der Waals surface area (Å²) in [6, 6.07) is 17.4. The lowest BCUT2D eigenvalue weighted by Gasteiger charge is -2.37. The fourth-order valence-corrected chi connectivity index (χ4v) is 4.22. The first-order chi connectivity index (χ1) is 13.9. The number of nitrogens with one attached hydrogen (secondary N) is 1. The number of anilines is 1. The normalized spacial score (nSPS) is 15.7. The highest BCUT2D eigenvalue weighted by atomic mass is 32.2. The van der Waals surface area contributed by atoms with E-state index >= 15 is 0 Å². The molecular formula is C21H29N5O2S. The Morgan fingerprint density at radius 1 is 1.00 bits per heavy atom. The van der Waals surface area contributed by atoms with Crippen LogP contribution in [0.5, 0.6) is 0 Å². The zero-order valence-corrected chi connectivity index (χ0v) is 18.1. The Hall–Kier alpha value is -2.58. The van der Waals surface area contributed by atoms with Gasteiger partial charge in [-0.3, -0.25) is 4.99 Å². The van der Waals surface area contributed by atoms with Crippen molar-refractivity contribution >= 4 is 21.7 Å². The van der Waals surface area contributed by atoms with Crippen LogP contribution in [0.1, 0.15) is 5.56 Å². The van der Waals surface area contributed by atoms with Crippen molar-refractivity contribution in [1.29, 1.82) is 0 Å².